The van der Waals surface area contributed by atoms with Crippen LogP contribution in [0, 0.1) is 18.3 Å². The molecule has 0 saturated carbocycles. The van der Waals surface area contributed by atoms with Crippen molar-refractivity contribution in [1.29, 1.82) is 5.26 Å². The van der Waals surface area contributed by atoms with Crippen LogP contribution in [-0.4, -0.2) is 53.7 Å². The normalized spacial score (nSPS) is 15.1. The largest absolute Gasteiger partial charge is 0.389 e. The van der Waals surface area contributed by atoms with Crippen LogP contribution in [0.1, 0.15) is 28.9 Å². The van der Waals surface area contributed by atoms with E-state index in [1.807, 2.05) is 29.2 Å². The Hall–Kier alpha value is -4.43. The topological polar surface area (TPSA) is 108 Å². The summed E-state index contributed by atoms with van der Waals surface area (Å²) in [5.41, 5.74) is 0.308. The quantitative estimate of drug-likeness (QED) is 0.466. The van der Waals surface area contributed by atoms with E-state index < -0.39 is 18.2 Å². The van der Waals surface area contributed by atoms with Gasteiger partial charge in [-0.2, -0.15) is 20.0 Å². The van der Waals surface area contributed by atoms with Crippen molar-refractivity contribution >= 4 is 23.6 Å². The highest BCUT2D eigenvalue weighted by Crippen LogP contribution is 2.32. The number of aromatic nitrogens is 6. The maximum atomic E-state index is 13.6. The van der Waals surface area contributed by atoms with E-state index in [2.05, 4.69) is 26.7 Å². The van der Waals surface area contributed by atoms with Crippen LogP contribution in [-0.2, 0) is 0 Å². The van der Waals surface area contributed by atoms with Crippen molar-refractivity contribution in [2.75, 3.05) is 18.0 Å². The zero-order valence-electron chi connectivity index (χ0n) is 18.7. The SMILES string of the molecule is C=C/C=c1/nc(-n2cccn2)cc/c1=C\c1c(C)nc2c(C#N)c(C(F)F)nn2c1N1CC(O)C1. The van der Waals surface area contributed by atoms with Crippen molar-refractivity contribution in [3.05, 3.63) is 76.3 Å². The average molecular weight is 474 g/mol. The Bertz CT molecular complexity index is 1600. The Morgan fingerprint density at radius 1 is 1.29 bits per heavy atom. The van der Waals surface area contributed by atoms with Crippen molar-refractivity contribution < 1.29 is 13.9 Å². The summed E-state index contributed by atoms with van der Waals surface area (Å²) in [7, 11) is 0. The summed E-state index contributed by atoms with van der Waals surface area (Å²) in [5.74, 6) is 1.09. The molecule has 1 saturated heterocycles. The molecule has 5 rings (SSSR count). The van der Waals surface area contributed by atoms with E-state index in [0.717, 1.165) is 5.22 Å². The lowest BCUT2D eigenvalue weighted by molar-refractivity contribution is 0.139. The number of rotatable bonds is 5. The molecule has 1 fully saturated rings. The smallest absolute Gasteiger partial charge is 0.283 e. The van der Waals surface area contributed by atoms with Crippen LogP contribution in [0.3, 0.4) is 0 Å². The Labute approximate surface area is 198 Å². The number of pyridine rings is 1. The van der Waals surface area contributed by atoms with Gasteiger partial charge in [0, 0.05) is 36.3 Å². The highest BCUT2D eigenvalue weighted by molar-refractivity contribution is 5.73. The van der Waals surface area contributed by atoms with Crippen molar-refractivity contribution in [1.82, 2.24) is 29.4 Å². The Balaban J connectivity index is 1.79. The number of fused-ring (bicyclic) bond motifs is 1. The minimum atomic E-state index is -2.93. The number of aliphatic hydroxyl groups is 1. The molecule has 1 N–H and O–H groups in total. The van der Waals surface area contributed by atoms with Crippen LogP contribution >= 0.6 is 0 Å². The van der Waals surface area contributed by atoms with Gasteiger partial charge in [0.1, 0.15) is 23.1 Å². The van der Waals surface area contributed by atoms with Crippen molar-refractivity contribution in [3.8, 4) is 11.9 Å². The molecule has 0 amide bonds. The van der Waals surface area contributed by atoms with Crippen LogP contribution in [0.15, 0.2) is 43.2 Å². The van der Waals surface area contributed by atoms with Gasteiger partial charge in [-0.1, -0.05) is 12.7 Å². The number of nitrogens with zero attached hydrogens (tertiary/aromatic N) is 8. The number of hydrogen-bond acceptors (Lipinski definition) is 7. The van der Waals surface area contributed by atoms with Gasteiger partial charge in [-0.25, -0.2) is 23.4 Å². The third-order valence-corrected chi connectivity index (χ3v) is 5.73. The second kappa shape index (κ2) is 8.73. The van der Waals surface area contributed by atoms with Gasteiger partial charge in [0.05, 0.1) is 17.1 Å². The molecule has 11 heteroatoms. The Kier molecular flexibility index (Phi) is 5.58. The van der Waals surface area contributed by atoms with Crippen molar-refractivity contribution in [2.45, 2.75) is 19.5 Å². The fourth-order valence-corrected chi connectivity index (χ4v) is 4.06. The molecule has 1 aliphatic rings. The second-order valence-corrected chi connectivity index (χ2v) is 8.04. The third kappa shape index (κ3) is 3.83. The molecule has 176 valence electrons. The standard InChI is InChI=1S/C24H20F2N8O/c1-3-5-19-15(6-7-20(30-19)33-9-4-8-28-33)10-17-14(2)29-23-18(11-27)21(22(25)26)31-34(23)24(17)32-12-16(35)13-32/h3-10,16,22,35H,1,12-13H2,2H3/b15-10+,19-5+. The maximum absolute atomic E-state index is 13.6. The van der Waals surface area contributed by atoms with E-state index in [1.165, 1.54) is 4.52 Å². The maximum Gasteiger partial charge on any atom is 0.283 e. The summed E-state index contributed by atoms with van der Waals surface area (Å²) in [5, 5.41) is 29.1. The van der Waals surface area contributed by atoms with Crippen molar-refractivity contribution in [3.63, 3.8) is 0 Å². The average Bonchev–Trinajstić information content (AvgIpc) is 3.47. The molecule has 0 spiro atoms. The van der Waals surface area contributed by atoms with Gasteiger partial charge in [-0.15, -0.1) is 0 Å². The number of β-amino-alcohol motifs (C(OH)–C–C–N with tert-alkyl or cyclic N) is 1. The lowest BCUT2D eigenvalue weighted by atomic mass is 10.1. The summed E-state index contributed by atoms with van der Waals surface area (Å²) in [6.07, 6.45) is 5.17. The number of halogens is 2. The molecule has 0 atom stereocenters. The van der Waals surface area contributed by atoms with E-state index in [4.69, 9.17) is 0 Å². The fourth-order valence-electron chi connectivity index (χ4n) is 4.06. The van der Waals surface area contributed by atoms with E-state index in [1.54, 1.807) is 42.2 Å². The van der Waals surface area contributed by atoms with Gasteiger partial charge in [-0.3, -0.25) is 0 Å². The Morgan fingerprint density at radius 2 is 2.09 bits per heavy atom. The number of nitriles is 1. The lowest BCUT2D eigenvalue weighted by Gasteiger charge is -2.38. The number of aliphatic hydroxyl groups excluding tert-OH is 1. The molecule has 4 aromatic rings. The minimum absolute atomic E-state index is 0.0545. The molecule has 1 aliphatic heterocycles. The van der Waals surface area contributed by atoms with Crippen LogP contribution in [0.25, 0.3) is 23.6 Å². The van der Waals surface area contributed by atoms with Gasteiger partial charge >= 0.3 is 0 Å². The highest BCUT2D eigenvalue weighted by atomic mass is 19.3. The van der Waals surface area contributed by atoms with Gasteiger partial charge in [-0.05, 0) is 37.3 Å². The second-order valence-electron chi connectivity index (χ2n) is 8.04. The van der Waals surface area contributed by atoms with E-state index in [0.29, 0.717) is 41.3 Å². The number of hydrogen-bond donors (Lipinski definition) is 1. The lowest BCUT2D eigenvalue weighted by Crippen LogP contribution is -2.52. The molecule has 5 heterocycles. The summed E-state index contributed by atoms with van der Waals surface area (Å²) >= 11 is 0. The van der Waals surface area contributed by atoms with Gasteiger partial charge in [0.25, 0.3) is 6.43 Å². The predicted octanol–water partition coefficient (Wildman–Crippen LogP) is 1.40. The molecule has 0 aliphatic carbocycles. The zero-order chi connectivity index (χ0) is 24.7. The number of alkyl halides is 2. The van der Waals surface area contributed by atoms with E-state index in [9.17, 15) is 19.1 Å². The first-order valence-corrected chi connectivity index (χ1v) is 10.8. The van der Waals surface area contributed by atoms with Gasteiger partial charge < -0.3 is 10.0 Å². The number of anilines is 1. The molecule has 0 aromatic carbocycles. The highest BCUT2D eigenvalue weighted by Gasteiger charge is 2.32. The summed E-state index contributed by atoms with van der Waals surface area (Å²) in [4.78, 5) is 11.0. The zero-order valence-corrected chi connectivity index (χ0v) is 18.7. The first-order chi connectivity index (χ1) is 16.9. The van der Waals surface area contributed by atoms with Crippen LogP contribution < -0.4 is 15.5 Å². The Morgan fingerprint density at radius 3 is 2.71 bits per heavy atom. The first-order valence-electron chi connectivity index (χ1n) is 10.8. The van der Waals surface area contributed by atoms with Crippen LogP contribution in [0.5, 0.6) is 0 Å². The van der Waals surface area contributed by atoms with Crippen LogP contribution in [0.4, 0.5) is 14.6 Å². The molecular weight excluding hydrogens is 454 g/mol. The molecule has 0 bridgehead atoms. The minimum Gasteiger partial charge on any atom is -0.389 e. The molecule has 35 heavy (non-hydrogen) atoms. The van der Waals surface area contributed by atoms with Crippen LogP contribution in [0.2, 0.25) is 0 Å². The van der Waals surface area contributed by atoms with E-state index in [-0.39, 0.29) is 11.2 Å². The molecule has 4 aromatic heterocycles. The monoisotopic (exact) mass is 474 g/mol. The third-order valence-electron chi connectivity index (χ3n) is 5.73. The number of allylic oxidation sites excluding steroid dienone is 1. The number of aryl methyl sites for hydroxylation is 1. The summed E-state index contributed by atoms with van der Waals surface area (Å²) < 4.78 is 30.2. The molecule has 0 radical (unpaired) electrons. The molecule has 9 nitrogen and oxygen atoms in total. The van der Waals surface area contributed by atoms with Gasteiger partial charge in [0.2, 0.25) is 0 Å². The van der Waals surface area contributed by atoms with Gasteiger partial charge in [0.15, 0.2) is 11.5 Å². The van der Waals surface area contributed by atoms with E-state index >= 15 is 0 Å². The molecule has 0 unspecified atom stereocenters. The molecular formula is C24H20F2N8O. The predicted molar refractivity (Wildman–Crippen MR) is 124 cm³/mol. The fraction of sp³-hybridized carbons (Fsp3) is 0.208. The first kappa shape index (κ1) is 22.4. The summed E-state index contributed by atoms with van der Waals surface area (Å²) in [6, 6.07) is 7.29. The van der Waals surface area contributed by atoms with Crippen molar-refractivity contribution in [2.24, 2.45) is 0 Å². The summed E-state index contributed by atoms with van der Waals surface area (Å²) in [6.45, 7) is 6.11.